The Morgan fingerprint density at radius 1 is 0.968 bits per heavy atom. The summed E-state index contributed by atoms with van der Waals surface area (Å²) >= 11 is 0. The molecule has 4 aromatic rings. The standard InChI is InChI=1S/C11H13FN2.C8H8FN3.CO2.2BrH/c1-4-9-8(3)13-14-6-10(12)7(2)5-11(9)14;1-5-2-6-3-8(10)7(9)4-12(6)11-5;2-1-3;;/h5-6H,4H2,1-3H3;2-4H,10H2,1H3;;2*1H. The van der Waals surface area contributed by atoms with Gasteiger partial charge < -0.3 is 5.73 Å². The van der Waals surface area contributed by atoms with Crippen LogP contribution >= 0.6 is 34.0 Å². The monoisotopic (exact) mass is 561 g/mol. The van der Waals surface area contributed by atoms with E-state index in [1.165, 1.54) is 22.5 Å². The van der Waals surface area contributed by atoms with E-state index in [2.05, 4.69) is 17.1 Å². The first-order chi connectivity index (χ1) is 13.7. The van der Waals surface area contributed by atoms with Gasteiger partial charge in [0.2, 0.25) is 0 Å². The summed E-state index contributed by atoms with van der Waals surface area (Å²) in [6, 6.07) is 5.26. The van der Waals surface area contributed by atoms with E-state index in [0.717, 1.165) is 28.8 Å². The molecular weight excluding hydrogens is 540 g/mol. The number of hydrogen-bond acceptors (Lipinski definition) is 5. The van der Waals surface area contributed by atoms with Gasteiger partial charge in [-0.2, -0.15) is 19.8 Å². The van der Waals surface area contributed by atoms with Gasteiger partial charge in [0, 0.05) is 5.56 Å². The fraction of sp³-hybridized carbons (Fsp3) is 0.250. The van der Waals surface area contributed by atoms with Gasteiger partial charge in [-0.25, -0.2) is 17.8 Å². The molecule has 0 fully saturated rings. The summed E-state index contributed by atoms with van der Waals surface area (Å²) in [4.78, 5) is 16.2. The highest BCUT2D eigenvalue weighted by molar-refractivity contribution is 8.93. The SMILES string of the molecule is Br.Br.CCc1c(C)nn2cc(F)c(C)cc12.Cc1cc2cc(N)c(F)cn2n1.O=C=O. The van der Waals surface area contributed by atoms with Crippen molar-refractivity contribution in [2.24, 2.45) is 0 Å². The number of pyridine rings is 2. The molecule has 31 heavy (non-hydrogen) atoms. The minimum Gasteiger partial charge on any atom is -0.396 e. The van der Waals surface area contributed by atoms with E-state index in [1.54, 1.807) is 17.5 Å². The van der Waals surface area contributed by atoms with Crippen LogP contribution in [0.4, 0.5) is 14.5 Å². The van der Waals surface area contributed by atoms with Crippen LogP contribution in [0, 0.1) is 32.4 Å². The van der Waals surface area contributed by atoms with Crippen molar-refractivity contribution >= 4 is 56.8 Å². The lowest BCUT2D eigenvalue weighted by Crippen LogP contribution is -1.95. The van der Waals surface area contributed by atoms with Crippen LogP contribution in [-0.4, -0.2) is 25.4 Å². The number of nitrogen functional groups attached to an aromatic ring is 1. The third-order valence-electron chi connectivity index (χ3n) is 4.27. The predicted molar refractivity (Wildman–Crippen MR) is 124 cm³/mol. The lowest BCUT2D eigenvalue weighted by molar-refractivity contribution is -0.191. The highest BCUT2D eigenvalue weighted by Crippen LogP contribution is 2.18. The van der Waals surface area contributed by atoms with Gasteiger partial charge in [0.25, 0.3) is 0 Å². The molecule has 0 aliphatic carbocycles. The first-order valence-electron chi connectivity index (χ1n) is 8.76. The first-order valence-corrected chi connectivity index (χ1v) is 8.76. The molecule has 4 heterocycles. The average Bonchev–Trinajstić information content (AvgIpc) is 3.14. The fourth-order valence-electron chi connectivity index (χ4n) is 2.93. The third kappa shape index (κ3) is 6.68. The van der Waals surface area contributed by atoms with Crippen molar-refractivity contribution in [3.8, 4) is 0 Å². The van der Waals surface area contributed by atoms with Crippen LogP contribution in [0.3, 0.4) is 0 Å². The Morgan fingerprint density at radius 3 is 2.13 bits per heavy atom. The number of rotatable bonds is 1. The molecule has 0 amide bonds. The smallest absolute Gasteiger partial charge is 0.373 e. The van der Waals surface area contributed by atoms with Crippen molar-refractivity contribution < 1.29 is 18.4 Å². The molecule has 0 saturated heterocycles. The fourth-order valence-corrected chi connectivity index (χ4v) is 2.93. The van der Waals surface area contributed by atoms with Crippen molar-refractivity contribution in [3.63, 3.8) is 0 Å². The molecule has 4 aromatic heterocycles. The Labute approximate surface area is 198 Å². The summed E-state index contributed by atoms with van der Waals surface area (Å²) in [5, 5.41) is 8.30. The lowest BCUT2D eigenvalue weighted by atomic mass is 10.1. The van der Waals surface area contributed by atoms with Crippen LogP contribution in [0.1, 0.15) is 29.4 Å². The van der Waals surface area contributed by atoms with Crippen molar-refractivity contribution in [3.05, 3.63) is 64.7 Å². The average molecular weight is 563 g/mol. The Balaban J connectivity index is 0.000000491. The number of nitrogens with zero attached hydrogens (tertiary/aromatic N) is 4. The first kappa shape index (κ1) is 28.4. The normalized spacial score (nSPS) is 9.48. The number of aromatic nitrogens is 4. The summed E-state index contributed by atoms with van der Waals surface area (Å²) < 4.78 is 29.2. The number of hydrogen-bond donors (Lipinski definition) is 1. The quantitative estimate of drug-likeness (QED) is 0.366. The summed E-state index contributed by atoms with van der Waals surface area (Å²) in [6.45, 7) is 7.67. The molecule has 11 heteroatoms. The minimum atomic E-state index is -0.439. The van der Waals surface area contributed by atoms with Gasteiger partial charge in [0.05, 0.1) is 40.5 Å². The molecule has 4 rings (SSSR count). The van der Waals surface area contributed by atoms with Crippen molar-refractivity contribution in [1.82, 2.24) is 19.2 Å². The van der Waals surface area contributed by atoms with Gasteiger partial charge in [0.15, 0.2) is 5.82 Å². The maximum Gasteiger partial charge on any atom is 0.373 e. The molecule has 0 aliphatic heterocycles. The Kier molecular flexibility index (Phi) is 11.2. The van der Waals surface area contributed by atoms with E-state index in [0.29, 0.717) is 5.56 Å². The van der Waals surface area contributed by atoms with E-state index in [9.17, 15) is 8.78 Å². The second kappa shape index (κ2) is 12.3. The second-order valence-corrected chi connectivity index (χ2v) is 6.37. The molecule has 0 spiro atoms. The largest absolute Gasteiger partial charge is 0.396 e. The molecule has 7 nitrogen and oxygen atoms in total. The molecule has 0 saturated carbocycles. The maximum atomic E-state index is 13.2. The second-order valence-electron chi connectivity index (χ2n) is 6.37. The molecule has 0 unspecified atom stereocenters. The minimum absolute atomic E-state index is 0. The number of anilines is 1. The van der Waals surface area contributed by atoms with Crippen LogP contribution < -0.4 is 5.73 Å². The van der Waals surface area contributed by atoms with Gasteiger partial charge in [-0.3, -0.25) is 0 Å². The van der Waals surface area contributed by atoms with Crippen LogP contribution in [0.5, 0.6) is 0 Å². The Morgan fingerprint density at radius 2 is 1.55 bits per heavy atom. The zero-order valence-electron chi connectivity index (χ0n) is 17.3. The summed E-state index contributed by atoms with van der Waals surface area (Å²) in [5.41, 5.74) is 11.1. The summed E-state index contributed by atoms with van der Waals surface area (Å²) in [5.74, 6) is -0.645. The van der Waals surface area contributed by atoms with Crippen LogP contribution in [0.2, 0.25) is 0 Å². The van der Waals surface area contributed by atoms with E-state index in [1.807, 2.05) is 26.0 Å². The number of nitrogens with two attached hydrogens (primary N) is 1. The highest BCUT2D eigenvalue weighted by atomic mass is 79.9. The molecule has 168 valence electrons. The Bertz CT molecular complexity index is 1160. The van der Waals surface area contributed by atoms with E-state index >= 15 is 0 Å². The van der Waals surface area contributed by atoms with E-state index < -0.39 is 5.82 Å². The molecule has 0 atom stereocenters. The molecule has 2 N–H and O–H groups in total. The van der Waals surface area contributed by atoms with E-state index in [4.69, 9.17) is 15.3 Å². The molecule has 0 aliphatic rings. The van der Waals surface area contributed by atoms with Crippen molar-refractivity contribution in [1.29, 1.82) is 0 Å². The number of aryl methyl sites for hydroxylation is 4. The van der Waals surface area contributed by atoms with Gasteiger partial charge in [-0.1, -0.05) is 6.92 Å². The highest BCUT2D eigenvalue weighted by Gasteiger charge is 2.09. The molecule has 0 aromatic carbocycles. The van der Waals surface area contributed by atoms with Gasteiger partial charge in [-0.05, 0) is 51.0 Å². The number of halogens is 4. The van der Waals surface area contributed by atoms with Gasteiger partial charge >= 0.3 is 6.15 Å². The molecule has 0 radical (unpaired) electrons. The van der Waals surface area contributed by atoms with Gasteiger partial charge in [-0.15, -0.1) is 34.0 Å². The summed E-state index contributed by atoms with van der Waals surface area (Å²) in [6.07, 6.45) is 3.90. The maximum absolute atomic E-state index is 13.2. The zero-order valence-corrected chi connectivity index (χ0v) is 20.8. The van der Waals surface area contributed by atoms with Gasteiger partial charge in [0.1, 0.15) is 5.82 Å². The van der Waals surface area contributed by atoms with Crippen molar-refractivity contribution in [2.75, 3.05) is 5.73 Å². The molecule has 0 bridgehead atoms. The number of carbonyl (C=O) groups excluding carboxylic acids is 2. The number of fused-ring (bicyclic) bond motifs is 2. The van der Waals surface area contributed by atoms with Crippen LogP contribution in [0.15, 0.2) is 30.6 Å². The molecular formula is C20H23Br2F2N5O2. The predicted octanol–water partition coefficient (Wildman–Crippen LogP) is 4.59. The third-order valence-corrected chi connectivity index (χ3v) is 4.27. The lowest BCUT2D eigenvalue weighted by Gasteiger charge is -1.99. The van der Waals surface area contributed by atoms with Crippen LogP contribution in [0.25, 0.3) is 11.0 Å². The van der Waals surface area contributed by atoms with Crippen molar-refractivity contribution in [2.45, 2.75) is 34.1 Å². The van der Waals surface area contributed by atoms with E-state index in [-0.39, 0.29) is 51.6 Å². The zero-order chi connectivity index (χ0) is 21.7. The topological polar surface area (TPSA) is 94.8 Å². The Hall–Kier alpha value is -2.62. The van der Waals surface area contributed by atoms with Crippen LogP contribution in [-0.2, 0) is 16.0 Å². The summed E-state index contributed by atoms with van der Waals surface area (Å²) in [7, 11) is 0.